The molecule has 0 aromatic carbocycles. The van der Waals surface area contributed by atoms with Gasteiger partial charge in [-0.3, -0.25) is 10.1 Å². The minimum absolute atomic E-state index is 0.0394. The average molecular weight is 283 g/mol. The molecule has 0 saturated carbocycles. The molecule has 1 heterocycles. The van der Waals surface area contributed by atoms with Crippen LogP contribution >= 0.6 is 0 Å². The van der Waals surface area contributed by atoms with Crippen LogP contribution < -0.4 is 10.6 Å². The van der Waals surface area contributed by atoms with Gasteiger partial charge in [-0.05, 0) is 20.3 Å². The van der Waals surface area contributed by atoms with Gasteiger partial charge in [0.2, 0.25) is 11.8 Å². The third-order valence-corrected chi connectivity index (χ3v) is 2.78. The van der Waals surface area contributed by atoms with Gasteiger partial charge >= 0.3 is 5.69 Å². The van der Waals surface area contributed by atoms with E-state index in [-0.39, 0.29) is 17.5 Å². The van der Waals surface area contributed by atoms with Crippen molar-refractivity contribution in [2.45, 2.75) is 33.2 Å². The fraction of sp³-hybridized carbons (Fsp3) is 0.667. The van der Waals surface area contributed by atoms with Crippen LogP contribution in [0.25, 0.3) is 0 Å². The topological polar surface area (TPSA) is 102 Å². The Bertz CT molecular complexity index is 467. The van der Waals surface area contributed by atoms with Gasteiger partial charge in [-0.25, -0.2) is 4.98 Å². The minimum atomic E-state index is -0.465. The molecule has 8 nitrogen and oxygen atoms in total. The molecule has 0 aliphatic heterocycles. The Morgan fingerprint density at radius 1 is 1.40 bits per heavy atom. The highest BCUT2D eigenvalue weighted by molar-refractivity contribution is 5.61. The van der Waals surface area contributed by atoms with Gasteiger partial charge in [0.1, 0.15) is 5.69 Å². The lowest BCUT2D eigenvalue weighted by atomic mass is 10.2. The molecule has 0 fully saturated rings. The number of methoxy groups -OCH3 is 1. The predicted molar refractivity (Wildman–Crippen MR) is 77.2 cm³/mol. The van der Waals surface area contributed by atoms with Gasteiger partial charge in [0, 0.05) is 13.7 Å². The molecule has 0 bridgehead atoms. The molecule has 0 spiro atoms. The summed E-state index contributed by atoms with van der Waals surface area (Å²) in [5.41, 5.74) is 0.233. The highest BCUT2D eigenvalue weighted by Crippen LogP contribution is 2.27. The SMILES string of the molecule is CCNc1nc(C)c([N+](=O)[O-])c(NC(CC)COC)n1. The standard InChI is InChI=1S/C12H21N5O3/c1-5-9(7-20-4)15-11-10(17(18)19)8(3)14-12(16-11)13-6-2/h9H,5-7H2,1-4H3,(H2,13,14,15,16). The summed E-state index contributed by atoms with van der Waals surface area (Å²) in [4.78, 5) is 19.0. The molecule has 112 valence electrons. The zero-order chi connectivity index (χ0) is 15.1. The minimum Gasteiger partial charge on any atom is -0.383 e. The number of aromatic nitrogens is 2. The molecule has 8 heteroatoms. The summed E-state index contributed by atoms with van der Waals surface area (Å²) in [5, 5.41) is 17.2. The van der Waals surface area contributed by atoms with Gasteiger partial charge < -0.3 is 15.4 Å². The molecule has 20 heavy (non-hydrogen) atoms. The molecule has 1 aromatic heterocycles. The summed E-state index contributed by atoms with van der Waals surface area (Å²) in [6.07, 6.45) is 0.768. The Labute approximate surface area is 118 Å². The first-order chi connectivity index (χ1) is 9.53. The summed E-state index contributed by atoms with van der Waals surface area (Å²) >= 11 is 0. The fourth-order valence-corrected chi connectivity index (χ4v) is 1.78. The van der Waals surface area contributed by atoms with Crippen LogP contribution in [0.15, 0.2) is 0 Å². The molecule has 2 N–H and O–H groups in total. The van der Waals surface area contributed by atoms with Crippen LogP contribution in [0.1, 0.15) is 26.0 Å². The molecule has 1 unspecified atom stereocenters. The summed E-state index contributed by atoms with van der Waals surface area (Å²) in [6.45, 7) is 6.58. The van der Waals surface area contributed by atoms with Crippen LogP contribution in [-0.4, -0.2) is 41.2 Å². The Morgan fingerprint density at radius 3 is 2.60 bits per heavy atom. The third-order valence-electron chi connectivity index (χ3n) is 2.78. The van der Waals surface area contributed by atoms with Crippen molar-refractivity contribution in [2.24, 2.45) is 0 Å². The van der Waals surface area contributed by atoms with Gasteiger partial charge in [0.15, 0.2) is 0 Å². The van der Waals surface area contributed by atoms with Crippen LogP contribution in [0.4, 0.5) is 17.5 Å². The van der Waals surface area contributed by atoms with Crippen molar-refractivity contribution in [3.05, 3.63) is 15.8 Å². The summed E-state index contributed by atoms with van der Waals surface area (Å²) in [7, 11) is 1.59. The number of anilines is 2. The number of nitro groups is 1. The van der Waals surface area contributed by atoms with E-state index in [0.717, 1.165) is 6.42 Å². The molecule has 0 amide bonds. The molecular weight excluding hydrogens is 262 g/mol. The quantitative estimate of drug-likeness (QED) is 0.555. The largest absolute Gasteiger partial charge is 0.383 e. The van der Waals surface area contributed by atoms with Crippen LogP contribution in [0.3, 0.4) is 0 Å². The molecular formula is C12H21N5O3. The van der Waals surface area contributed by atoms with Crippen LogP contribution in [0.2, 0.25) is 0 Å². The van der Waals surface area contributed by atoms with E-state index in [1.807, 2.05) is 13.8 Å². The molecule has 0 saturated heterocycles. The number of aryl methyl sites for hydroxylation is 1. The predicted octanol–water partition coefficient (Wildman–Crippen LogP) is 1.96. The summed E-state index contributed by atoms with van der Waals surface area (Å²) < 4.78 is 5.08. The number of hydrogen-bond donors (Lipinski definition) is 2. The first-order valence-corrected chi connectivity index (χ1v) is 6.55. The lowest BCUT2D eigenvalue weighted by Gasteiger charge is -2.17. The molecule has 0 aliphatic carbocycles. The van der Waals surface area contributed by atoms with E-state index >= 15 is 0 Å². The number of rotatable bonds is 8. The van der Waals surface area contributed by atoms with E-state index < -0.39 is 4.92 Å². The van der Waals surface area contributed by atoms with E-state index in [4.69, 9.17) is 4.74 Å². The van der Waals surface area contributed by atoms with Crippen molar-refractivity contribution in [3.63, 3.8) is 0 Å². The lowest BCUT2D eigenvalue weighted by molar-refractivity contribution is -0.385. The maximum Gasteiger partial charge on any atom is 0.332 e. The molecule has 0 radical (unpaired) electrons. The van der Waals surface area contributed by atoms with Crippen molar-refractivity contribution in [3.8, 4) is 0 Å². The maximum absolute atomic E-state index is 11.2. The van der Waals surface area contributed by atoms with E-state index in [9.17, 15) is 10.1 Å². The van der Waals surface area contributed by atoms with E-state index in [1.165, 1.54) is 0 Å². The van der Waals surface area contributed by atoms with Crippen molar-refractivity contribution in [2.75, 3.05) is 30.9 Å². The van der Waals surface area contributed by atoms with Gasteiger partial charge in [0.25, 0.3) is 0 Å². The van der Waals surface area contributed by atoms with Crippen molar-refractivity contribution in [1.29, 1.82) is 0 Å². The number of ether oxygens (including phenoxy) is 1. The van der Waals surface area contributed by atoms with Crippen molar-refractivity contribution >= 4 is 17.5 Å². The third kappa shape index (κ3) is 4.02. The number of nitrogens with one attached hydrogen (secondary N) is 2. The Balaban J connectivity index is 3.15. The molecule has 1 rings (SSSR count). The summed E-state index contributed by atoms with van der Waals surface area (Å²) in [5.74, 6) is 0.604. The van der Waals surface area contributed by atoms with E-state index in [2.05, 4.69) is 20.6 Å². The second-order valence-electron chi connectivity index (χ2n) is 4.32. The van der Waals surface area contributed by atoms with Gasteiger partial charge in [-0.2, -0.15) is 4.98 Å². The Morgan fingerprint density at radius 2 is 2.10 bits per heavy atom. The highest BCUT2D eigenvalue weighted by atomic mass is 16.6. The molecule has 0 aliphatic rings. The van der Waals surface area contributed by atoms with Crippen LogP contribution in [0, 0.1) is 17.0 Å². The first-order valence-electron chi connectivity index (χ1n) is 6.55. The monoisotopic (exact) mass is 283 g/mol. The zero-order valence-electron chi connectivity index (χ0n) is 12.3. The highest BCUT2D eigenvalue weighted by Gasteiger charge is 2.23. The Hall–Kier alpha value is -1.96. The van der Waals surface area contributed by atoms with Gasteiger partial charge in [-0.1, -0.05) is 6.92 Å². The number of nitrogens with zero attached hydrogens (tertiary/aromatic N) is 3. The van der Waals surface area contributed by atoms with Crippen LogP contribution in [-0.2, 0) is 4.74 Å². The Kier molecular flexibility index (Phi) is 6.10. The smallest absolute Gasteiger partial charge is 0.332 e. The second kappa shape index (κ2) is 7.59. The fourth-order valence-electron chi connectivity index (χ4n) is 1.78. The average Bonchev–Trinajstić information content (AvgIpc) is 2.37. The van der Waals surface area contributed by atoms with Gasteiger partial charge in [-0.15, -0.1) is 0 Å². The van der Waals surface area contributed by atoms with Gasteiger partial charge in [0.05, 0.1) is 17.6 Å². The van der Waals surface area contributed by atoms with E-state index in [1.54, 1.807) is 14.0 Å². The maximum atomic E-state index is 11.2. The van der Waals surface area contributed by atoms with Crippen molar-refractivity contribution < 1.29 is 9.66 Å². The lowest BCUT2D eigenvalue weighted by Crippen LogP contribution is -2.25. The zero-order valence-corrected chi connectivity index (χ0v) is 12.3. The second-order valence-corrected chi connectivity index (χ2v) is 4.32. The first kappa shape index (κ1) is 16.1. The van der Waals surface area contributed by atoms with E-state index in [0.29, 0.717) is 24.8 Å². The molecule has 1 atom stereocenters. The van der Waals surface area contributed by atoms with Crippen molar-refractivity contribution in [1.82, 2.24) is 9.97 Å². The van der Waals surface area contributed by atoms with Crippen LogP contribution in [0.5, 0.6) is 0 Å². The normalized spacial score (nSPS) is 12.0. The number of hydrogen-bond acceptors (Lipinski definition) is 7. The molecule has 1 aromatic rings. The summed E-state index contributed by atoms with van der Waals surface area (Å²) in [6, 6.07) is -0.0394.